The third-order valence-electron chi connectivity index (χ3n) is 3.76. The monoisotopic (exact) mass is 373 g/mol. The second-order valence-corrected chi connectivity index (χ2v) is 7.18. The number of halogens is 2. The molecule has 0 aliphatic rings. The average molecular weight is 373 g/mol. The summed E-state index contributed by atoms with van der Waals surface area (Å²) in [7, 11) is -4.10. The Morgan fingerprint density at radius 3 is 2.50 bits per heavy atom. The highest BCUT2D eigenvalue weighted by molar-refractivity contribution is 7.92. The van der Waals surface area contributed by atoms with Crippen LogP contribution in [0.25, 0.3) is 0 Å². The van der Waals surface area contributed by atoms with Crippen LogP contribution >= 0.6 is 0 Å². The normalized spacial score (nSPS) is 11.1. The van der Waals surface area contributed by atoms with Crippen molar-refractivity contribution in [3.63, 3.8) is 0 Å². The van der Waals surface area contributed by atoms with Gasteiger partial charge in [-0.15, -0.1) is 0 Å². The molecule has 8 heteroatoms. The summed E-state index contributed by atoms with van der Waals surface area (Å²) in [5.41, 5.74) is 0.485. The van der Waals surface area contributed by atoms with Gasteiger partial charge in [0.25, 0.3) is 10.0 Å². The number of H-pyrrole nitrogens is 1. The van der Waals surface area contributed by atoms with Crippen LogP contribution in [0.1, 0.15) is 16.7 Å². The van der Waals surface area contributed by atoms with Gasteiger partial charge in [-0.1, -0.05) is 18.2 Å². The first-order valence-electron chi connectivity index (χ1n) is 7.52. The molecule has 0 spiro atoms. The quantitative estimate of drug-likeness (QED) is 0.717. The maximum absolute atomic E-state index is 14.0. The molecule has 5 nitrogen and oxygen atoms in total. The van der Waals surface area contributed by atoms with Gasteiger partial charge in [-0.05, 0) is 35.4 Å². The Morgan fingerprint density at radius 1 is 1.04 bits per heavy atom. The lowest BCUT2D eigenvalue weighted by molar-refractivity contribution is 0.596. The summed E-state index contributed by atoms with van der Waals surface area (Å²) in [6, 6.07) is 11.2. The topological polar surface area (TPSA) is 85.8 Å². The van der Waals surface area contributed by atoms with E-state index in [0.29, 0.717) is 11.1 Å². The van der Waals surface area contributed by atoms with Crippen molar-refractivity contribution in [2.75, 3.05) is 4.72 Å². The number of sulfonamides is 1. The summed E-state index contributed by atoms with van der Waals surface area (Å²) in [5, 5.41) is 8.74. The number of hydrogen-bond acceptors (Lipinski definition) is 3. The number of benzene rings is 2. The van der Waals surface area contributed by atoms with Gasteiger partial charge < -0.3 is 4.98 Å². The number of nitrogens with one attached hydrogen (secondary N) is 2. The molecule has 0 fully saturated rings. The molecular weight excluding hydrogens is 360 g/mol. The van der Waals surface area contributed by atoms with E-state index in [9.17, 15) is 17.2 Å². The van der Waals surface area contributed by atoms with Crippen LogP contribution in [0.15, 0.2) is 59.8 Å². The van der Waals surface area contributed by atoms with E-state index in [1.807, 2.05) is 0 Å². The lowest BCUT2D eigenvalue weighted by Crippen LogP contribution is -2.15. The van der Waals surface area contributed by atoms with E-state index in [1.54, 1.807) is 24.3 Å². The number of nitriles is 1. The first kappa shape index (κ1) is 17.6. The molecule has 1 aromatic heterocycles. The van der Waals surface area contributed by atoms with Gasteiger partial charge in [0.2, 0.25) is 0 Å². The zero-order valence-electron chi connectivity index (χ0n) is 13.3. The molecule has 0 aliphatic heterocycles. The summed E-state index contributed by atoms with van der Waals surface area (Å²) < 4.78 is 55.2. The van der Waals surface area contributed by atoms with E-state index < -0.39 is 21.7 Å². The Hall–Kier alpha value is -3.18. The molecule has 26 heavy (non-hydrogen) atoms. The molecule has 2 aromatic carbocycles. The van der Waals surface area contributed by atoms with Gasteiger partial charge in [0, 0.05) is 18.8 Å². The van der Waals surface area contributed by atoms with Gasteiger partial charge in [0.15, 0.2) is 0 Å². The number of aromatic amines is 1. The van der Waals surface area contributed by atoms with Crippen molar-refractivity contribution in [1.82, 2.24) is 4.98 Å². The van der Waals surface area contributed by atoms with E-state index in [1.165, 1.54) is 30.6 Å². The third kappa shape index (κ3) is 3.58. The molecule has 0 amide bonds. The number of nitrogens with zero attached hydrogens (tertiary/aromatic N) is 1. The van der Waals surface area contributed by atoms with Crippen LogP contribution in [0.2, 0.25) is 0 Å². The average Bonchev–Trinajstić information content (AvgIpc) is 3.08. The van der Waals surface area contributed by atoms with Gasteiger partial charge in [0.1, 0.15) is 16.5 Å². The van der Waals surface area contributed by atoms with Crippen molar-refractivity contribution >= 4 is 15.7 Å². The van der Waals surface area contributed by atoms with Gasteiger partial charge in [-0.25, -0.2) is 17.2 Å². The summed E-state index contributed by atoms with van der Waals surface area (Å²) in [4.78, 5) is 2.58. The van der Waals surface area contributed by atoms with Crippen LogP contribution in [-0.2, 0) is 16.4 Å². The molecule has 0 radical (unpaired) electrons. The van der Waals surface area contributed by atoms with E-state index in [0.717, 1.165) is 6.07 Å². The zero-order valence-corrected chi connectivity index (χ0v) is 14.1. The molecule has 2 N–H and O–H groups in total. The van der Waals surface area contributed by atoms with Crippen LogP contribution in [0, 0.1) is 23.0 Å². The standard InChI is InChI=1S/C18H13F2N3O2S/c19-15-4-2-1-3-13(15)8-14-10-22-11-18(14)26(24,25)23-17-6-5-12(9-21)7-16(17)20/h1-7,10-11,22-23H,8H2. The number of anilines is 1. The summed E-state index contributed by atoms with van der Waals surface area (Å²) in [6.07, 6.45) is 2.76. The second-order valence-electron chi connectivity index (χ2n) is 5.52. The fourth-order valence-electron chi connectivity index (χ4n) is 2.48. The number of rotatable bonds is 5. The van der Waals surface area contributed by atoms with Gasteiger partial charge in [0.05, 0.1) is 17.3 Å². The van der Waals surface area contributed by atoms with Crippen LogP contribution in [-0.4, -0.2) is 13.4 Å². The van der Waals surface area contributed by atoms with Crippen molar-refractivity contribution in [2.24, 2.45) is 0 Å². The third-order valence-corrected chi connectivity index (χ3v) is 5.21. The Morgan fingerprint density at radius 2 is 1.81 bits per heavy atom. The van der Waals surface area contributed by atoms with E-state index in [-0.39, 0.29) is 22.6 Å². The van der Waals surface area contributed by atoms with Crippen molar-refractivity contribution < 1.29 is 17.2 Å². The largest absolute Gasteiger partial charge is 0.366 e. The maximum atomic E-state index is 14.0. The highest BCUT2D eigenvalue weighted by atomic mass is 32.2. The Kier molecular flexibility index (Phi) is 4.73. The molecule has 132 valence electrons. The predicted molar refractivity (Wildman–Crippen MR) is 91.9 cm³/mol. The maximum Gasteiger partial charge on any atom is 0.263 e. The van der Waals surface area contributed by atoms with E-state index in [4.69, 9.17) is 5.26 Å². The fraction of sp³-hybridized carbons (Fsp3) is 0.0556. The van der Waals surface area contributed by atoms with Crippen molar-refractivity contribution in [3.8, 4) is 6.07 Å². The van der Waals surface area contributed by atoms with Gasteiger partial charge in [-0.3, -0.25) is 4.72 Å². The van der Waals surface area contributed by atoms with E-state index in [2.05, 4.69) is 9.71 Å². The first-order valence-corrected chi connectivity index (χ1v) is 9.00. The second kappa shape index (κ2) is 6.98. The smallest absolute Gasteiger partial charge is 0.263 e. The first-order chi connectivity index (χ1) is 12.4. The molecule has 0 unspecified atom stereocenters. The van der Waals surface area contributed by atoms with Crippen LogP contribution in [0.4, 0.5) is 14.5 Å². The van der Waals surface area contributed by atoms with Crippen molar-refractivity contribution in [3.05, 3.63) is 83.2 Å². The summed E-state index contributed by atoms with van der Waals surface area (Å²) in [5.74, 6) is -1.30. The molecule has 3 aromatic rings. The van der Waals surface area contributed by atoms with E-state index >= 15 is 0 Å². The minimum atomic E-state index is -4.10. The lowest BCUT2D eigenvalue weighted by Gasteiger charge is -2.10. The van der Waals surface area contributed by atoms with Gasteiger partial charge in [-0.2, -0.15) is 5.26 Å². The van der Waals surface area contributed by atoms with Crippen molar-refractivity contribution in [1.29, 1.82) is 5.26 Å². The minimum absolute atomic E-state index is 0.0578. The SMILES string of the molecule is N#Cc1ccc(NS(=O)(=O)c2c[nH]cc2Cc2ccccc2F)c(F)c1. The van der Waals surface area contributed by atoms with Crippen molar-refractivity contribution in [2.45, 2.75) is 11.3 Å². The van der Waals surface area contributed by atoms with Crippen LogP contribution < -0.4 is 4.72 Å². The summed E-state index contributed by atoms with van der Waals surface area (Å²) in [6.45, 7) is 0. The lowest BCUT2D eigenvalue weighted by atomic mass is 10.1. The molecule has 0 bridgehead atoms. The predicted octanol–water partition coefficient (Wildman–Crippen LogP) is 3.56. The fourth-order valence-corrected chi connectivity index (χ4v) is 3.75. The number of aromatic nitrogens is 1. The molecule has 3 rings (SSSR count). The van der Waals surface area contributed by atoms with Crippen LogP contribution in [0.3, 0.4) is 0 Å². The Bertz CT molecular complexity index is 1100. The Labute approximate surface area is 149 Å². The minimum Gasteiger partial charge on any atom is -0.366 e. The molecule has 0 saturated heterocycles. The molecule has 0 saturated carbocycles. The Balaban J connectivity index is 1.91. The molecule has 0 aliphatic carbocycles. The summed E-state index contributed by atoms with van der Waals surface area (Å²) >= 11 is 0. The molecule has 1 heterocycles. The molecular formula is C18H13F2N3O2S. The highest BCUT2D eigenvalue weighted by Gasteiger charge is 2.22. The molecule has 0 atom stereocenters. The zero-order chi connectivity index (χ0) is 18.7. The highest BCUT2D eigenvalue weighted by Crippen LogP contribution is 2.24. The van der Waals surface area contributed by atoms with Gasteiger partial charge >= 0.3 is 0 Å². The van der Waals surface area contributed by atoms with Crippen LogP contribution in [0.5, 0.6) is 0 Å². The number of hydrogen-bond donors (Lipinski definition) is 2.